The minimum atomic E-state index is 0.251. The van der Waals surface area contributed by atoms with Crippen molar-refractivity contribution in [1.82, 2.24) is 15.3 Å². The van der Waals surface area contributed by atoms with Gasteiger partial charge in [-0.15, -0.1) is 11.3 Å². The average molecular weight is 373 g/mol. The molecule has 6 heteroatoms. The summed E-state index contributed by atoms with van der Waals surface area (Å²) in [5.41, 5.74) is 0. The molecule has 2 aromatic rings. The quantitative estimate of drug-likeness (QED) is 0.884. The van der Waals surface area contributed by atoms with Crippen LogP contribution in [-0.4, -0.2) is 35.0 Å². The molecule has 2 aromatic heterocycles. The Morgan fingerprint density at radius 3 is 2.69 bits per heavy atom. The molecule has 0 spiro atoms. The van der Waals surface area contributed by atoms with E-state index in [-0.39, 0.29) is 11.8 Å². The predicted molar refractivity (Wildman–Crippen MR) is 107 cm³/mol. The molecule has 140 valence electrons. The van der Waals surface area contributed by atoms with E-state index in [1.165, 1.54) is 29.5 Å². The third kappa shape index (κ3) is 3.70. The first kappa shape index (κ1) is 17.7. The Bertz CT molecular complexity index is 760. The maximum Gasteiger partial charge on any atom is 0.223 e. The van der Waals surface area contributed by atoms with Gasteiger partial charge in [0.05, 0.1) is 5.39 Å². The molecule has 0 aromatic carbocycles. The molecule has 3 heterocycles. The van der Waals surface area contributed by atoms with Crippen LogP contribution in [0.1, 0.15) is 56.7 Å². The van der Waals surface area contributed by atoms with E-state index < -0.39 is 0 Å². The van der Waals surface area contributed by atoms with Crippen LogP contribution >= 0.6 is 11.3 Å². The number of hydrogen-bond donors (Lipinski definition) is 1. The Kier molecular flexibility index (Phi) is 5.38. The van der Waals surface area contributed by atoms with Crippen molar-refractivity contribution < 1.29 is 4.79 Å². The smallest absolute Gasteiger partial charge is 0.223 e. The van der Waals surface area contributed by atoms with Crippen LogP contribution in [0.25, 0.3) is 10.2 Å². The molecule has 0 radical (unpaired) electrons. The van der Waals surface area contributed by atoms with Crippen LogP contribution in [0, 0.1) is 5.92 Å². The number of carbonyl (C=O) groups is 1. The lowest BCUT2D eigenvalue weighted by atomic mass is 9.88. The number of hydrogen-bond acceptors (Lipinski definition) is 5. The van der Waals surface area contributed by atoms with Gasteiger partial charge < -0.3 is 10.2 Å². The number of thiophene rings is 1. The molecule has 0 bridgehead atoms. The number of carbonyl (C=O) groups excluding carboxylic acids is 1. The monoisotopic (exact) mass is 372 g/mol. The second-order valence-corrected chi connectivity index (χ2v) is 8.70. The SMILES string of the molecule is CCc1cc2c(N3CCC(NC(=O)C4CCCCC4)CC3)ncnc2s1. The van der Waals surface area contributed by atoms with Crippen molar-refractivity contribution in [2.45, 2.75) is 64.3 Å². The molecular weight excluding hydrogens is 344 g/mol. The summed E-state index contributed by atoms with van der Waals surface area (Å²) in [5, 5.41) is 4.49. The summed E-state index contributed by atoms with van der Waals surface area (Å²) < 4.78 is 0. The standard InChI is InChI=1S/C20H28N4OS/c1-2-16-12-17-18(21-13-22-20(17)26-16)24-10-8-15(9-11-24)23-19(25)14-6-4-3-5-7-14/h12-15H,2-11H2,1H3,(H,23,25). The number of fused-ring (bicyclic) bond motifs is 1. The number of rotatable bonds is 4. The number of nitrogens with zero attached hydrogens (tertiary/aromatic N) is 3. The van der Waals surface area contributed by atoms with Gasteiger partial charge >= 0.3 is 0 Å². The van der Waals surface area contributed by atoms with Crippen LogP contribution in [-0.2, 0) is 11.2 Å². The molecule has 1 aliphatic carbocycles. The molecule has 0 atom stereocenters. The first-order valence-electron chi connectivity index (χ1n) is 10.0. The number of aromatic nitrogens is 2. The fourth-order valence-corrected chi connectivity index (χ4v) is 5.17. The van der Waals surface area contributed by atoms with Gasteiger partial charge in [-0.25, -0.2) is 9.97 Å². The Balaban J connectivity index is 1.38. The minimum Gasteiger partial charge on any atom is -0.356 e. The summed E-state index contributed by atoms with van der Waals surface area (Å²) in [6, 6.07) is 2.55. The van der Waals surface area contributed by atoms with E-state index in [0.717, 1.165) is 55.8 Å². The maximum atomic E-state index is 12.5. The molecule has 2 fully saturated rings. The van der Waals surface area contributed by atoms with Crippen molar-refractivity contribution in [1.29, 1.82) is 0 Å². The second kappa shape index (κ2) is 7.91. The van der Waals surface area contributed by atoms with Gasteiger partial charge in [-0.05, 0) is 38.2 Å². The zero-order chi connectivity index (χ0) is 17.9. The molecule has 5 nitrogen and oxygen atoms in total. The number of aryl methyl sites for hydroxylation is 1. The first-order valence-corrected chi connectivity index (χ1v) is 10.8. The molecule has 4 rings (SSSR count). The number of nitrogens with one attached hydrogen (secondary N) is 1. The van der Waals surface area contributed by atoms with Crippen molar-refractivity contribution in [3.05, 3.63) is 17.3 Å². The summed E-state index contributed by atoms with van der Waals surface area (Å²) in [6.07, 6.45) is 10.6. The normalized spacial score (nSPS) is 19.8. The van der Waals surface area contributed by atoms with E-state index in [4.69, 9.17) is 0 Å². The van der Waals surface area contributed by atoms with Gasteiger partial charge in [-0.3, -0.25) is 4.79 Å². The van der Waals surface area contributed by atoms with Crippen molar-refractivity contribution in [3.8, 4) is 0 Å². The highest BCUT2D eigenvalue weighted by molar-refractivity contribution is 7.18. The molecule has 1 aliphatic heterocycles. The van der Waals surface area contributed by atoms with E-state index >= 15 is 0 Å². The molecular formula is C20H28N4OS. The Morgan fingerprint density at radius 1 is 1.19 bits per heavy atom. The fraction of sp³-hybridized carbons (Fsp3) is 0.650. The topological polar surface area (TPSA) is 58.1 Å². The lowest BCUT2D eigenvalue weighted by Gasteiger charge is -2.34. The van der Waals surface area contributed by atoms with Gasteiger partial charge in [0.25, 0.3) is 0 Å². The lowest BCUT2D eigenvalue weighted by molar-refractivity contribution is -0.126. The molecule has 26 heavy (non-hydrogen) atoms. The van der Waals surface area contributed by atoms with Crippen molar-refractivity contribution >= 4 is 33.3 Å². The van der Waals surface area contributed by atoms with E-state index in [1.54, 1.807) is 17.7 Å². The number of amides is 1. The van der Waals surface area contributed by atoms with Crippen molar-refractivity contribution in [2.24, 2.45) is 5.92 Å². The van der Waals surface area contributed by atoms with Crippen LogP contribution < -0.4 is 10.2 Å². The van der Waals surface area contributed by atoms with Gasteiger partial charge in [0.15, 0.2) is 0 Å². The van der Waals surface area contributed by atoms with E-state index in [9.17, 15) is 4.79 Å². The molecule has 1 amide bonds. The summed E-state index contributed by atoms with van der Waals surface area (Å²) in [4.78, 5) is 26.3. The van der Waals surface area contributed by atoms with Crippen LogP contribution in [0.4, 0.5) is 5.82 Å². The highest BCUT2D eigenvalue weighted by Crippen LogP contribution is 2.32. The van der Waals surface area contributed by atoms with Crippen LogP contribution in [0.3, 0.4) is 0 Å². The summed E-state index contributed by atoms with van der Waals surface area (Å²) in [6.45, 7) is 4.07. The van der Waals surface area contributed by atoms with Gasteiger partial charge in [-0.1, -0.05) is 26.2 Å². The highest BCUT2D eigenvalue weighted by atomic mass is 32.1. The van der Waals surface area contributed by atoms with Gasteiger partial charge in [0.1, 0.15) is 17.0 Å². The van der Waals surface area contributed by atoms with E-state index in [1.807, 2.05) is 0 Å². The van der Waals surface area contributed by atoms with Crippen LogP contribution in [0.2, 0.25) is 0 Å². The van der Waals surface area contributed by atoms with E-state index in [0.29, 0.717) is 6.04 Å². The fourth-order valence-electron chi connectivity index (χ4n) is 4.24. The predicted octanol–water partition coefficient (Wildman–Crippen LogP) is 3.92. The Morgan fingerprint density at radius 2 is 1.96 bits per heavy atom. The minimum absolute atomic E-state index is 0.251. The second-order valence-electron chi connectivity index (χ2n) is 7.59. The van der Waals surface area contributed by atoms with Crippen LogP contribution in [0.15, 0.2) is 12.4 Å². The maximum absolute atomic E-state index is 12.5. The summed E-state index contributed by atoms with van der Waals surface area (Å²) in [5.74, 6) is 1.60. The van der Waals surface area contributed by atoms with Crippen molar-refractivity contribution in [2.75, 3.05) is 18.0 Å². The molecule has 2 aliphatic rings. The number of anilines is 1. The number of piperidine rings is 1. The summed E-state index contributed by atoms with van der Waals surface area (Å²) >= 11 is 1.77. The van der Waals surface area contributed by atoms with Gasteiger partial charge in [-0.2, -0.15) is 0 Å². The van der Waals surface area contributed by atoms with Gasteiger partial charge in [0, 0.05) is 29.9 Å². The highest BCUT2D eigenvalue weighted by Gasteiger charge is 2.27. The molecule has 0 unspecified atom stereocenters. The Labute approximate surface area is 159 Å². The average Bonchev–Trinajstić information content (AvgIpc) is 3.13. The zero-order valence-corrected chi connectivity index (χ0v) is 16.4. The largest absolute Gasteiger partial charge is 0.356 e. The molecule has 1 N–H and O–H groups in total. The zero-order valence-electron chi connectivity index (χ0n) is 15.5. The summed E-state index contributed by atoms with van der Waals surface area (Å²) in [7, 11) is 0. The molecule has 1 saturated carbocycles. The third-order valence-electron chi connectivity index (χ3n) is 5.82. The van der Waals surface area contributed by atoms with Crippen LogP contribution in [0.5, 0.6) is 0 Å². The Hall–Kier alpha value is -1.69. The first-order chi connectivity index (χ1) is 12.7. The van der Waals surface area contributed by atoms with Gasteiger partial charge in [0.2, 0.25) is 5.91 Å². The third-order valence-corrected chi connectivity index (χ3v) is 7.01. The molecule has 1 saturated heterocycles. The van der Waals surface area contributed by atoms with Crippen molar-refractivity contribution in [3.63, 3.8) is 0 Å². The lowest BCUT2D eigenvalue weighted by Crippen LogP contribution is -2.46. The van der Waals surface area contributed by atoms with E-state index in [2.05, 4.69) is 33.2 Å².